The van der Waals surface area contributed by atoms with Gasteiger partial charge in [0.2, 0.25) is 0 Å². The molecular formula is C17H25N3O. The van der Waals surface area contributed by atoms with Crippen molar-refractivity contribution >= 4 is 0 Å². The highest BCUT2D eigenvalue weighted by molar-refractivity contribution is 5.33. The number of aryl methyl sites for hydroxylation is 3. The van der Waals surface area contributed by atoms with Crippen LogP contribution < -0.4 is 10.1 Å². The van der Waals surface area contributed by atoms with Crippen LogP contribution in [0, 0.1) is 13.8 Å². The molecule has 0 saturated carbocycles. The minimum Gasteiger partial charge on any atom is -0.493 e. The van der Waals surface area contributed by atoms with E-state index in [9.17, 15) is 0 Å². The Morgan fingerprint density at radius 2 is 1.90 bits per heavy atom. The van der Waals surface area contributed by atoms with Crippen molar-refractivity contribution < 1.29 is 4.74 Å². The van der Waals surface area contributed by atoms with E-state index in [1.54, 1.807) is 13.3 Å². The zero-order chi connectivity index (χ0) is 15.4. The number of aromatic nitrogens is 2. The summed E-state index contributed by atoms with van der Waals surface area (Å²) in [5.74, 6) is 0.848. The first-order chi connectivity index (χ1) is 10.1. The number of nitrogens with one attached hydrogen (secondary N) is 1. The van der Waals surface area contributed by atoms with Gasteiger partial charge < -0.3 is 10.1 Å². The third-order valence-corrected chi connectivity index (χ3v) is 3.76. The lowest BCUT2D eigenvalue weighted by atomic mass is 9.99. The lowest BCUT2D eigenvalue weighted by molar-refractivity contribution is 0.394. The molecule has 0 aliphatic carbocycles. The van der Waals surface area contributed by atoms with Gasteiger partial charge >= 0.3 is 0 Å². The minimum absolute atomic E-state index is 0.184. The van der Waals surface area contributed by atoms with Crippen LogP contribution in [0.5, 0.6) is 5.75 Å². The first kappa shape index (κ1) is 15.6. The zero-order valence-electron chi connectivity index (χ0n) is 13.6. The van der Waals surface area contributed by atoms with Crippen molar-refractivity contribution in [2.45, 2.75) is 39.8 Å². The highest BCUT2D eigenvalue weighted by Crippen LogP contribution is 2.28. The normalized spacial score (nSPS) is 12.4. The van der Waals surface area contributed by atoms with Crippen LogP contribution in [-0.2, 0) is 13.0 Å². The van der Waals surface area contributed by atoms with E-state index in [2.05, 4.69) is 49.4 Å². The lowest BCUT2D eigenvalue weighted by Gasteiger charge is -2.19. The fourth-order valence-corrected chi connectivity index (χ4v) is 2.90. The molecule has 0 aliphatic rings. The molecule has 0 amide bonds. The van der Waals surface area contributed by atoms with Gasteiger partial charge in [0.25, 0.3) is 0 Å². The van der Waals surface area contributed by atoms with Gasteiger partial charge in [0.15, 0.2) is 5.75 Å². The highest BCUT2D eigenvalue weighted by atomic mass is 16.5. The van der Waals surface area contributed by atoms with Crippen molar-refractivity contribution in [3.8, 4) is 5.75 Å². The van der Waals surface area contributed by atoms with Gasteiger partial charge in [0, 0.05) is 6.54 Å². The van der Waals surface area contributed by atoms with E-state index in [1.165, 1.54) is 16.7 Å². The van der Waals surface area contributed by atoms with Crippen LogP contribution in [0.1, 0.15) is 35.3 Å². The molecule has 0 fully saturated rings. The van der Waals surface area contributed by atoms with E-state index in [4.69, 9.17) is 4.74 Å². The van der Waals surface area contributed by atoms with Gasteiger partial charge in [-0.05, 0) is 39.8 Å². The average molecular weight is 287 g/mol. The van der Waals surface area contributed by atoms with Crippen LogP contribution in [0.4, 0.5) is 0 Å². The predicted molar refractivity (Wildman–Crippen MR) is 85.9 cm³/mol. The Hall–Kier alpha value is -1.81. The molecule has 21 heavy (non-hydrogen) atoms. The molecule has 1 atom stereocenters. The molecule has 4 heteroatoms. The summed E-state index contributed by atoms with van der Waals surface area (Å²) >= 11 is 0. The smallest absolute Gasteiger partial charge is 0.161 e. The van der Waals surface area contributed by atoms with Crippen molar-refractivity contribution in [1.82, 2.24) is 15.1 Å². The Labute approximate surface area is 127 Å². The summed E-state index contributed by atoms with van der Waals surface area (Å²) in [6, 6.07) is 6.88. The van der Waals surface area contributed by atoms with Crippen LogP contribution in [-0.4, -0.2) is 23.9 Å². The van der Waals surface area contributed by atoms with Crippen LogP contribution in [0.2, 0.25) is 0 Å². The number of nitrogens with zero attached hydrogens (tertiary/aromatic N) is 2. The molecule has 0 aliphatic heterocycles. The van der Waals surface area contributed by atoms with Gasteiger partial charge in [-0.25, -0.2) is 0 Å². The zero-order valence-corrected chi connectivity index (χ0v) is 13.6. The second-order valence-electron chi connectivity index (χ2n) is 5.46. The van der Waals surface area contributed by atoms with Gasteiger partial charge in [0.05, 0.1) is 25.0 Å². The maximum atomic E-state index is 5.47. The van der Waals surface area contributed by atoms with Crippen molar-refractivity contribution in [1.29, 1.82) is 0 Å². The molecular weight excluding hydrogens is 262 g/mol. The summed E-state index contributed by atoms with van der Waals surface area (Å²) in [6.45, 7) is 7.21. The first-order valence-corrected chi connectivity index (χ1v) is 7.43. The molecule has 0 spiro atoms. The number of ether oxygens (including phenoxy) is 1. The summed E-state index contributed by atoms with van der Waals surface area (Å²) in [5.41, 5.74) is 5.05. The second-order valence-corrected chi connectivity index (χ2v) is 5.46. The summed E-state index contributed by atoms with van der Waals surface area (Å²) in [7, 11) is 3.68. The van der Waals surface area contributed by atoms with Crippen molar-refractivity contribution in [2.75, 3.05) is 14.2 Å². The van der Waals surface area contributed by atoms with Crippen molar-refractivity contribution in [3.63, 3.8) is 0 Å². The molecule has 2 rings (SSSR count). The molecule has 1 unspecified atom stereocenters. The van der Waals surface area contributed by atoms with Crippen LogP contribution >= 0.6 is 0 Å². The third-order valence-electron chi connectivity index (χ3n) is 3.76. The minimum atomic E-state index is 0.184. The van der Waals surface area contributed by atoms with E-state index < -0.39 is 0 Å². The maximum Gasteiger partial charge on any atom is 0.161 e. The summed E-state index contributed by atoms with van der Waals surface area (Å²) in [4.78, 5) is 0. The standard InChI is InChI=1S/C17H25N3O/c1-6-20-17(16(21-5)11-19-20)15(18-4)10-14-8-12(2)7-13(3)9-14/h7-9,11,15,18H,6,10H2,1-5H3. The van der Waals surface area contributed by atoms with Gasteiger partial charge in [-0.1, -0.05) is 29.3 Å². The number of methoxy groups -OCH3 is 1. The SMILES string of the molecule is CCn1ncc(OC)c1C(Cc1cc(C)cc(C)c1)NC. The Kier molecular flexibility index (Phi) is 5.02. The molecule has 1 aromatic carbocycles. The predicted octanol–water partition coefficient (Wildman–Crippen LogP) is 3.03. The van der Waals surface area contributed by atoms with Crippen LogP contribution in [0.15, 0.2) is 24.4 Å². The molecule has 1 aromatic heterocycles. The van der Waals surface area contributed by atoms with Crippen molar-refractivity contribution in [3.05, 3.63) is 46.8 Å². The van der Waals surface area contributed by atoms with E-state index in [-0.39, 0.29) is 6.04 Å². The number of hydrogen-bond donors (Lipinski definition) is 1. The van der Waals surface area contributed by atoms with Gasteiger partial charge in [-0.3, -0.25) is 4.68 Å². The van der Waals surface area contributed by atoms with Crippen LogP contribution in [0.25, 0.3) is 0 Å². The summed E-state index contributed by atoms with van der Waals surface area (Å²) in [6.07, 6.45) is 2.71. The largest absolute Gasteiger partial charge is 0.493 e. The monoisotopic (exact) mass is 287 g/mol. The summed E-state index contributed by atoms with van der Waals surface area (Å²) in [5, 5.41) is 7.80. The number of likely N-dealkylation sites (N-methyl/N-ethyl adjacent to an activating group) is 1. The fourth-order valence-electron chi connectivity index (χ4n) is 2.90. The van der Waals surface area contributed by atoms with Crippen molar-refractivity contribution in [2.24, 2.45) is 0 Å². The Bertz CT molecular complexity index is 562. The molecule has 2 aromatic rings. The van der Waals surface area contributed by atoms with E-state index in [0.717, 1.165) is 24.4 Å². The van der Waals surface area contributed by atoms with Gasteiger partial charge in [0.1, 0.15) is 0 Å². The lowest BCUT2D eigenvalue weighted by Crippen LogP contribution is -2.23. The molecule has 1 N–H and O–H groups in total. The first-order valence-electron chi connectivity index (χ1n) is 7.43. The molecule has 114 valence electrons. The Morgan fingerprint density at radius 1 is 1.24 bits per heavy atom. The quantitative estimate of drug-likeness (QED) is 0.887. The number of benzene rings is 1. The van der Waals surface area contributed by atoms with Gasteiger partial charge in [-0.2, -0.15) is 5.10 Å². The topological polar surface area (TPSA) is 39.1 Å². The average Bonchev–Trinajstić information content (AvgIpc) is 2.86. The van der Waals surface area contributed by atoms with Crippen LogP contribution in [0.3, 0.4) is 0 Å². The molecule has 0 bridgehead atoms. The molecule has 1 heterocycles. The van der Waals surface area contributed by atoms with E-state index in [1.807, 2.05) is 11.7 Å². The maximum absolute atomic E-state index is 5.47. The molecule has 0 saturated heterocycles. The van der Waals surface area contributed by atoms with E-state index in [0.29, 0.717) is 0 Å². The van der Waals surface area contributed by atoms with Gasteiger partial charge in [-0.15, -0.1) is 0 Å². The summed E-state index contributed by atoms with van der Waals surface area (Å²) < 4.78 is 7.48. The molecule has 4 nitrogen and oxygen atoms in total. The van der Waals surface area contributed by atoms with E-state index >= 15 is 0 Å². The Morgan fingerprint density at radius 3 is 2.43 bits per heavy atom. The highest BCUT2D eigenvalue weighted by Gasteiger charge is 2.20. The third kappa shape index (κ3) is 3.45. The number of hydrogen-bond acceptors (Lipinski definition) is 3. The molecule has 0 radical (unpaired) electrons. The second kappa shape index (κ2) is 6.76. The Balaban J connectivity index is 2.33. The fraction of sp³-hybridized carbons (Fsp3) is 0.471. The number of rotatable bonds is 6.